The van der Waals surface area contributed by atoms with Gasteiger partial charge in [-0.2, -0.15) is 0 Å². The number of nitrogens with one attached hydrogen (secondary N) is 3. The van der Waals surface area contributed by atoms with E-state index in [0.717, 1.165) is 25.7 Å². The first-order valence-electron chi connectivity index (χ1n) is 13.3. The highest BCUT2D eigenvalue weighted by molar-refractivity contribution is 7.91. The van der Waals surface area contributed by atoms with E-state index in [0.29, 0.717) is 40.3 Å². The molecule has 0 saturated carbocycles. The molecule has 0 spiro atoms. The molecule has 0 radical (unpaired) electrons. The Kier molecular flexibility index (Phi) is 8.74. The van der Waals surface area contributed by atoms with E-state index < -0.39 is 33.2 Å². The van der Waals surface area contributed by atoms with Crippen LogP contribution in [0.3, 0.4) is 0 Å². The lowest BCUT2D eigenvalue weighted by Crippen LogP contribution is -2.35. The third-order valence-corrected chi connectivity index (χ3v) is 9.09. The molecule has 11 heteroatoms. The summed E-state index contributed by atoms with van der Waals surface area (Å²) in [5, 5.41) is 5.68. The molecule has 0 atom stereocenters. The van der Waals surface area contributed by atoms with E-state index in [2.05, 4.69) is 34.4 Å². The van der Waals surface area contributed by atoms with Crippen LogP contribution in [0.25, 0.3) is 11.6 Å². The molecular formula is C29H34F2N4O4S. The molecule has 4 rings (SSSR count). The molecular weight excluding hydrogens is 538 g/mol. The number of fused-ring (bicyclic) bond motifs is 1. The van der Waals surface area contributed by atoms with Crippen molar-refractivity contribution < 1.29 is 26.8 Å². The van der Waals surface area contributed by atoms with Crippen molar-refractivity contribution in [2.75, 3.05) is 37.2 Å². The number of benzene rings is 1. The molecule has 2 heterocycles. The largest absolute Gasteiger partial charge is 0.358 e. The van der Waals surface area contributed by atoms with Crippen molar-refractivity contribution in [1.29, 1.82) is 0 Å². The van der Waals surface area contributed by atoms with Crippen molar-refractivity contribution in [3.05, 3.63) is 69.6 Å². The Morgan fingerprint density at radius 2 is 1.90 bits per heavy atom. The average molecular weight is 573 g/mol. The van der Waals surface area contributed by atoms with E-state index in [1.807, 2.05) is 0 Å². The maximum absolute atomic E-state index is 14.2. The van der Waals surface area contributed by atoms with E-state index in [1.165, 1.54) is 18.2 Å². The molecule has 0 unspecified atom stereocenters. The summed E-state index contributed by atoms with van der Waals surface area (Å²) in [6.45, 7) is 10.7. The zero-order valence-corrected chi connectivity index (χ0v) is 23.9. The van der Waals surface area contributed by atoms with Crippen LogP contribution in [0.5, 0.6) is 0 Å². The number of aromatic nitrogens is 1. The third kappa shape index (κ3) is 5.95. The predicted octanol–water partition coefficient (Wildman–Crippen LogP) is 4.84. The van der Waals surface area contributed by atoms with Gasteiger partial charge in [0.2, 0.25) is 0 Å². The Hall–Kier alpha value is -3.57. The van der Waals surface area contributed by atoms with Gasteiger partial charge in [0.25, 0.3) is 11.8 Å². The topological polar surface area (TPSA) is 111 Å². The number of carbonyl (C=O) groups is 2. The summed E-state index contributed by atoms with van der Waals surface area (Å²) in [7, 11) is -4.01. The number of hydrogen-bond acceptors (Lipinski definition) is 5. The smallest absolute Gasteiger partial charge is 0.256 e. The Morgan fingerprint density at radius 1 is 1.18 bits per heavy atom. The highest BCUT2D eigenvalue weighted by atomic mass is 32.2. The minimum absolute atomic E-state index is 0.100. The van der Waals surface area contributed by atoms with Crippen LogP contribution in [0.2, 0.25) is 0 Å². The number of H-pyrrole nitrogens is 1. The monoisotopic (exact) mass is 572 g/mol. The van der Waals surface area contributed by atoms with Gasteiger partial charge in [0, 0.05) is 35.7 Å². The van der Waals surface area contributed by atoms with Crippen LogP contribution in [0.4, 0.5) is 14.5 Å². The fraction of sp³-hybridized carbons (Fsp3) is 0.379. The second kappa shape index (κ2) is 11.9. The van der Waals surface area contributed by atoms with Crippen molar-refractivity contribution in [2.24, 2.45) is 0 Å². The van der Waals surface area contributed by atoms with E-state index in [9.17, 15) is 26.8 Å². The predicted molar refractivity (Wildman–Crippen MR) is 152 cm³/mol. The summed E-state index contributed by atoms with van der Waals surface area (Å²) in [6.07, 6.45) is 3.03. The van der Waals surface area contributed by atoms with E-state index in [-0.39, 0.29) is 34.8 Å². The molecule has 2 aliphatic rings. The van der Waals surface area contributed by atoms with Gasteiger partial charge >= 0.3 is 0 Å². The number of amides is 2. The second-order valence-electron chi connectivity index (χ2n) is 9.93. The summed E-state index contributed by atoms with van der Waals surface area (Å²) in [5.41, 5.74) is 3.26. The molecule has 8 nitrogen and oxygen atoms in total. The molecule has 1 aliphatic heterocycles. The SMILES string of the molecule is CCN(CC)CCNC(=O)c1c(C)[nH]c(/C=C2\C(=O)Nc3ccc(S(=O)(=O)CC4=C(F)C(F)=CCC4)cc32)c1C. The fourth-order valence-electron chi connectivity index (χ4n) is 5.05. The number of anilines is 1. The minimum atomic E-state index is -4.01. The zero-order chi connectivity index (χ0) is 29.2. The van der Waals surface area contributed by atoms with Crippen LogP contribution in [-0.2, 0) is 14.6 Å². The summed E-state index contributed by atoms with van der Waals surface area (Å²) in [4.78, 5) is 31.1. The van der Waals surface area contributed by atoms with E-state index in [1.54, 1.807) is 19.9 Å². The zero-order valence-electron chi connectivity index (χ0n) is 23.1. The van der Waals surface area contributed by atoms with E-state index >= 15 is 0 Å². The van der Waals surface area contributed by atoms with Crippen molar-refractivity contribution in [3.63, 3.8) is 0 Å². The number of hydrogen-bond donors (Lipinski definition) is 3. The number of nitrogens with zero attached hydrogens (tertiary/aromatic N) is 1. The summed E-state index contributed by atoms with van der Waals surface area (Å²) >= 11 is 0. The van der Waals surface area contributed by atoms with Crippen molar-refractivity contribution in [2.45, 2.75) is 45.4 Å². The number of aryl methyl sites for hydroxylation is 1. The van der Waals surface area contributed by atoms with Crippen molar-refractivity contribution in [3.8, 4) is 0 Å². The second-order valence-corrected chi connectivity index (χ2v) is 11.9. The van der Waals surface area contributed by atoms with Crippen LogP contribution >= 0.6 is 0 Å². The van der Waals surface area contributed by atoms with Crippen LogP contribution in [0.15, 0.2) is 46.4 Å². The maximum atomic E-state index is 14.2. The Bertz CT molecular complexity index is 1550. The Balaban J connectivity index is 1.61. The third-order valence-electron chi connectivity index (χ3n) is 7.39. The fourth-order valence-corrected chi connectivity index (χ4v) is 6.52. The number of rotatable bonds is 10. The first-order chi connectivity index (χ1) is 19.0. The standard InChI is InChI=1S/C29H34F2N4O4S/c1-5-35(6-2)13-12-32-29(37)26-17(3)25(33-18(26)4)15-22-21-14-20(10-11-24(21)34-28(22)36)40(38,39)16-19-8-7-9-23(30)27(19)31/h9-11,14-15,33H,5-8,12-13,16H2,1-4H3,(H,32,37)(H,34,36)/b22-15-. The van der Waals surface area contributed by atoms with Gasteiger partial charge < -0.3 is 20.5 Å². The number of sulfone groups is 1. The van der Waals surface area contributed by atoms with Gasteiger partial charge in [-0.25, -0.2) is 17.2 Å². The maximum Gasteiger partial charge on any atom is 0.256 e. The molecule has 2 amide bonds. The molecule has 1 aromatic heterocycles. The average Bonchev–Trinajstić information content (AvgIpc) is 3.38. The summed E-state index contributed by atoms with van der Waals surface area (Å²) in [5.74, 6) is -3.46. The van der Waals surface area contributed by atoms with Crippen molar-refractivity contribution in [1.82, 2.24) is 15.2 Å². The lowest BCUT2D eigenvalue weighted by Gasteiger charge is -2.18. The minimum Gasteiger partial charge on any atom is -0.358 e. The Labute approximate surface area is 233 Å². The van der Waals surface area contributed by atoms with Gasteiger partial charge in [-0.1, -0.05) is 13.8 Å². The van der Waals surface area contributed by atoms with Crippen LogP contribution in [0, 0.1) is 13.8 Å². The van der Waals surface area contributed by atoms with Gasteiger partial charge in [-0.05, 0) is 81.3 Å². The normalized spacial score (nSPS) is 16.4. The lowest BCUT2D eigenvalue weighted by molar-refractivity contribution is -0.110. The molecule has 3 N–H and O–H groups in total. The number of carbonyl (C=O) groups excluding carboxylic acids is 2. The van der Waals surface area contributed by atoms with Gasteiger partial charge in [0.1, 0.15) is 0 Å². The first kappa shape index (κ1) is 29.4. The molecule has 2 aromatic rings. The Morgan fingerprint density at radius 3 is 2.60 bits per heavy atom. The highest BCUT2D eigenvalue weighted by Gasteiger charge is 2.29. The molecule has 0 fully saturated rings. The van der Waals surface area contributed by atoms with Crippen LogP contribution < -0.4 is 10.6 Å². The van der Waals surface area contributed by atoms with Crippen LogP contribution in [0.1, 0.15) is 59.6 Å². The molecule has 1 aliphatic carbocycles. The van der Waals surface area contributed by atoms with Gasteiger partial charge in [-0.3, -0.25) is 9.59 Å². The lowest BCUT2D eigenvalue weighted by atomic mass is 10.0. The molecule has 1 aromatic carbocycles. The highest BCUT2D eigenvalue weighted by Crippen LogP contribution is 2.37. The number of allylic oxidation sites excluding steroid dienone is 3. The number of aromatic amines is 1. The number of halogens is 2. The van der Waals surface area contributed by atoms with Crippen LogP contribution in [-0.4, -0.2) is 62.0 Å². The van der Waals surface area contributed by atoms with E-state index in [4.69, 9.17) is 0 Å². The molecule has 214 valence electrons. The molecule has 0 saturated heterocycles. The first-order valence-corrected chi connectivity index (χ1v) is 15.0. The van der Waals surface area contributed by atoms with Gasteiger partial charge in [-0.15, -0.1) is 0 Å². The van der Waals surface area contributed by atoms with Gasteiger partial charge in [0.15, 0.2) is 21.5 Å². The van der Waals surface area contributed by atoms with Gasteiger partial charge in [0.05, 0.1) is 21.8 Å². The molecule has 40 heavy (non-hydrogen) atoms. The summed E-state index contributed by atoms with van der Waals surface area (Å²) < 4.78 is 54.1. The van der Waals surface area contributed by atoms with Crippen molar-refractivity contribution >= 4 is 39.0 Å². The summed E-state index contributed by atoms with van der Waals surface area (Å²) in [6, 6.07) is 4.19. The quantitative estimate of drug-likeness (QED) is 0.353. The molecule has 0 bridgehead atoms. The number of likely N-dealkylation sites (N-methyl/N-ethyl adjacent to an activating group) is 1.